The van der Waals surface area contributed by atoms with E-state index in [1.807, 2.05) is 0 Å². The lowest BCUT2D eigenvalue weighted by atomic mass is 10.2. The average molecular weight is 277 g/mol. The van der Waals surface area contributed by atoms with Crippen molar-refractivity contribution < 1.29 is 23.1 Å². The van der Waals surface area contributed by atoms with Crippen molar-refractivity contribution in [3.63, 3.8) is 0 Å². The number of methoxy groups -OCH3 is 1. The van der Waals surface area contributed by atoms with Crippen LogP contribution in [0.3, 0.4) is 0 Å². The van der Waals surface area contributed by atoms with Crippen molar-refractivity contribution in [2.45, 2.75) is 17.6 Å². The van der Waals surface area contributed by atoms with Gasteiger partial charge in [0.1, 0.15) is 0 Å². The Bertz CT molecular complexity index is 510. The van der Waals surface area contributed by atoms with Gasteiger partial charge in [0.15, 0.2) is 5.03 Å². The number of nitrogens with one attached hydrogen (secondary N) is 1. The molecule has 102 valence electrons. The first-order chi connectivity index (χ1) is 8.36. The summed E-state index contributed by atoms with van der Waals surface area (Å²) in [6.45, 7) is -0.115. The summed E-state index contributed by atoms with van der Waals surface area (Å²) in [4.78, 5) is 10.5. The van der Waals surface area contributed by atoms with Gasteiger partial charge in [0.05, 0.1) is 18.7 Å². The summed E-state index contributed by atoms with van der Waals surface area (Å²) in [6.07, 6.45) is 0.370. The molecule has 0 aliphatic carbocycles. The van der Waals surface area contributed by atoms with Crippen LogP contribution in [0.4, 0.5) is 0 Å². The lowest BCUT2D eigenvalue weighted by Crippen LogP contribution is -2.35. The van der Waals surface area contributed by atoms with Crippen LogP contribution in [0.25, 0.3) is 0 Å². The van der Waals surface area contributed by atoms with Crippen molar-refractivity contribution >= 4 is 16.0 Å². The molecule has 0 aliphatic heterocycles. The fraction of sp³-hybridized carbons (Fsp3) is 0.556. The Balaban J connectivity index is 2.67. The van der Waals surface area contributed by atoms with Crippen LogP contribution < -0.4 is 4.72 Å². The van der Waals surface area contributed by atoms with E-state index in [2.05, 4.69) is 9.82 Å². The third-order valence-corrected chi connectivity index (χ3v) is 3.79. The zero-order valence-corrected chi connectivity index (χ0v) is 10.8. The van der Waals surface area contributed by atoms with Gasteiger partial charge in [-0.2, -0.15) is 5.10 Å². The maximum Gasteiger partial charge on any atom is 0.306 e. The average Bonchev–Trinajstić information content (AvgIpc) is 2.71. The lowest BCUT2D eigenvalue weighted by Gasteiger charge is -2.14. The van der Waals surface area contributed by atoms with Gasteiger partial charge in [-0.1, -0.05) is 0 Å². The van der Waals surface area contributed by atoms with Crippen molar-refractivity contribution in [1.29, 1.82) is 0 Å². The number of ether oxygens (including phenoxy) is 1. The van der Waals surface area contributed by atoms with Gasteiger partial charge >= 0.3 is 5.97 Å². The monoisotopic (exact) mass is 277 g/mol. The Kier molecular flexibility index (Phi) is 4.82. The number of carboxylic acids is 1. The molecule has 0 amide bonds. The van der Waals surface area contributed by atoms with Gasteiger partial charge in [-0.05, 0) is 6.07 Å². The first kappa shape index (κ1) is 14.6. The van der Waals surface area contributed by atoms with Crippen LogP contribution in [-0.4, -0.2) is 49.0 Å². The van der Waals surface area contributed by atoms with Crippen LogP contribution in [0.5, 0.6) is 0 Å². The van der Waals surface area contributed by atoms with Crippen molar-refractivity contribution in [3.8, 4) is 0 Å². The van der Waals surface area contributed by atoms with Crippen LogP contribution in [0.2, 0.25) is 0 Å². The van der Waals surface area contributed by atoms with E-state index in [4.69, 9.17) is 9.84 Å². The Labute approximate surface area is 105 Å². The molecule has 2 N–H and O–H groups in total. The van der Waals surface area contributed by atoms with Crippen LogP contribution in [0.1, 0.15) is 6.42 Å². The molecule has 0 saturated carbocycles. The second kappa shape index (κ2) is 5.94. The highest BCUT2D eigenvalue weighted by atomic mass is 32.2. The van der Waals surface area contributed by atoms with E-state index in [0.29, 0.717) is 0 Å². The van der Waals surface area contributed by atoms with Gasteiger partial charge in [-0.25, -0.2) is 13.1 Å². The molecule has 0 bridgehead atoms. The van der Waals surface area contributed by atoms with Gasteiger partial charge < -0.3 is 9.84 Å². The van der Waals surface area contributed by atoms with Gasteiger partial charge in [0.25, 0.3) is 10.0 Å². The predicted octanol–water partition coefficient (Wildman–Crippen LogP) is -0.812. The summed E-state index contributed by atoms with van der Waals surface area (Å²) >= 11 is 0. The first-order valence-electron chi connectivity index (χ1n) is 5.09. The molecule has 8 nitrogen and oxygen atoms in total. The van der Waals surface area contributed by atoms with Crippen molar-refractivity contribution in [2.75, 3.05) is 13.7 Å². The Hall–Kier alpha value is -1.45. The largest absolute Gasteiger partial charge is 0.481 e. The summed E-state index contributed by atoms with van der Waals surface area (Å²) in [7, 11) is -0.886. The normalized spacial score (nSPS) is 13.4. The second-order valence-electron chi connectivity index (χ2n) is 3.60. The van der Waals surface area contributed by atoms with Crippen LogP contribution >= 0.6 is 0 Å². The third-order valence-electron chi connectivity index (χ3n) is 2.29. The fourth-order valence-corrected chi connectivity index (χ4v) is 2.52. The highest BCUT2D eigenvalue weighted by Crippen LogP contribution is 2.06. The second-order valence-corrected chi connectivity index (χ2v) is 5.31. The number of aliphatic carboxylic acids is 1. The van der Waals surface area contributed by atoms with Gasteiger partial charge in [0, 0.05) is 20.7 Å². The first-order valence-corrected chi connectivity index (χ1v) is 6.57. The molecular formula is C9H15N3O5S. The molecule has 1 atom stereocenters. The summed E-state index contributed by atoms with van der Waals surface area (Å²) < 4.78 is 32.1. The molecule has 1 unspecified atom stereocenters. The molecule has 0 aromatic carbocycles. The smallest absolute Gasteiger partial charge is 0.306 e. The van der Waals surface area contributed by atoms with Gasteiger partial charge in [-0.3, -0.25) is 9.48 Å². The minimum Gasteiger partial charge on any atom is -0.481 e. The lowest BCUT2D eigenvalue weighted by molar-refractivity contribution is -0.139. The van der Waals surface area contributed by atoms with Crippen LogP contribution in [0.15, 0.2) is 17.3 Å². The molecule has 1 aromatic rings. The molecule has 1 aromatic heterocycles. The molecule has 18 heavy (non-hydrogen) atoms. The minimum atomic E-state index is -3.71. The van der Waals surface area contributed by atoms with E-state index in [1.165, 1.54) is 31.1 Å². The number of hydrogen-bond donors (Lipinski definition) is 2. The Morgan fingerprint density at radius 1 is 1.67 bits per heavy atom. The molecule has 1 rings (SSSR count). The fourth-order valence-electron chi connectivity index (χ4n) is 1.34. The number of aryl methyl sites for hydroxylation is 1. The number of sulfonamides is 1. The van der Waals surface area contributed by atoms with E-state index in [1.54, 1.807) is 0 Å². The molecule has 9 heteroatoms. The molecule has 0 spiro atoms. The highest BCUT2D eigenvalue weighted by Gasteiger charge is 2.20. The number of carboxylic acid groups (broad SMARTS) is 1. The Morgan fingerprint density at radius 3 is 2.78 bits per heavy atom. The third kappa shape index (κ3) is 3.79. The van der Waals surface area contributed by atoms with Crippen LogP contribution in [-0.2, 0) is 26.6 Å². The van der Waals surface area contributed by atoms with E-state index >= 15 is 0 Å². The maximum atomic E-state index is 11.8. The summed E-state index contributed by atoms with van der Waals surface area (Å²) in [5.74, 6) is -1.05. The maximum absolute atomic E-state index is 11.8. The van der Waals surface area contributed by atoms with E-state index in [9.17, 15) is 13.2 Å². The molecule has 0 radical (unpaired) electrons. The molecule has 0 aliphatic rings. The van der Waals surface area contributed by atoms with Crippen molar-refractivity contribution in [1.82, 2.24) is 14.5 Å². The number of aromatic nitrogens is 2. The quantitative estimate of drug-likeness (QED) is 0.674. The number of hydrogen-bond acceptors (Lipinski definition) is 5. The van der Waals surface area contributed by atoms with Crippen molar-refractivity contribution in [3.05, 3.63) is 12.3 Å². The Morgan fingerprint density at radius 2 is 2.33 bits per heavy atom. The van der Waals surface area contributed by atoms with Gasteiger partial charge in [0.2, 0.25) is 0 Å². The minimum absolute atomic E-state index is 0.00711. The summed E-state index contributed by atoms with van der Waals surface area (Å²) in [5.41, 5.74) is 0. The summed E-state index contributed by atoms with van der Waals surface area (Å²) in [6, 6.07) is 1.35. The number of carbonyl (C=O) groups is 1. The number of rotatable bonds is 7. The molecular weight excluding hydrogens is 262 g/mol. The SMILES string of the molecule is COC(CNS(=O)(=O)c1ccnn1C)CC(=O)O. The van der Waals surface area contributed by atoms with E-state index < -0.39 is 22.1 Å². The van der Waals surface area contributed by atoms with E-state index in [-0.39, 0.29) is 18.0 Å². The van der Waals surface area contributed by atoms with Crippen molar-refractivity contribution in [2.24, 2.45) is 7.05 Å². The molecule has 0 saturated heterocycles. The number of nitrogens with zero attached hydrogens (tertiary/aromatic N) is 2. The highest BCUT2D eigenvalue weighted by molar-refractivity contribution is 7.89. The topological polar surface area (TPSA) is 111 Å². The van der Waals surface area contributed by atoms with E-state index in [0.717, 1.165) is 0 Å². The molecule has 1 heterocycles. The van der Waals surface area contributed by atoms with Crippen LogP contribution in [0, 0.1) is 0 Å². The predicted molar refractivity (Wildman–Crippen MR) is 61.4 cm³/mol. The zero-order chi connectivity index (χ0) is 13.8. The zero-order valence-electron chi connectivity index (χ0n) is 10.0. The summed E-state index contributed by atoms with van der Waals surface area (Å²) in [5, 5.41) is 12.4. The van der Waals surface area contributed by atoms with Gasteiger partial charge in [-0.15, -0.1) is 0 Å². The molecule has 0 fully saturated rings. The standard InChI is InChI=1S/C9H15N3O5S/c1-12-8(3-4-10-12)18(15,16)11-6-7(17-2)5-9(13)14/h3-4,7,11H,5-6H2,1-2H3,(H,13,14).